The molecule has 1 unspecified atom stereocenters. The normalized spacial score (nSPS) is 19.6. The minimum absolute atomic E-state index is 0.243. The molecule has 0 radical (unpaired) electrons. The third-order valence-electron chi connectivity index (χ3n) is 3.27. The van der Waals surface area contributed by atoms with Crippen LogP contribution in [0.4, 0.5) is 0 Å². The van der Waals surface area contributed by atoms with E-state index in [0.717, 1.165) is 24.1 Å². The molecular formula is C16H25NOS. The Labute approximate surface area is 121 Å². The lowest BCUT2D eigenvalue weighted by molar-refractivity contribution is 0.242. The second-order valence-electron chi connectivity index (χ2n) is 5.43. The predicted octanol–water partition coefficient (Wildman–Crippen LogP) is 3.85. The van der Waals surface area contributed by atoms with Crippen molar-refractivity contribution in [2.24, 2.45) is 0 Å². The molecule has 1 heterocycles. The maximum Gasteiger partial charge on any atom is 0.119 e. The Morgan fingerprint density at radius 1 is 1.26 bits per heavy atom. The van der Waals surface area contributed by atoms with Crippen molar-refractivity contribution in [3.8, 4) is 5.75 Å². The highest BCUT2D eigenvalue weighted by Gasteiger charge is 2.12. The Morgan fingerprint density at radius 2 is 2.05 bits per heavy atom. The molecule has 0 aromatic heterocycles. The van der Waals surface area contributed by atoms with Crippen molar-refractivity contribution in [1.29, 1.82) is 0 Å². The van der Waals surface area contributed by atoms with E-state index < -0.39 is 0 Å². The van der Waals surface area contributed by atoms with E-state index in [-0.39, 0.29) is 6.10 Å². The predicted molar refractivity (Wildman–Crippen MR) is 84.0 cm³/mol. The molecule has 0 spiro atoms. The number of nitrogens with one attached hydrogen (secondary N) is 1. The van der Waals surface area contributed by atoms with Gasteiger partial charge in [0.25, 0.3) is 0 Å². The van der Waals surface area contributed by atoms with Gasteiger partial charge in [0.1, 0.15) is 5.75 Å². The fourth-order valence-electron chi connectivity index (χ4n) is 2.30. The number of ether oxygens (including phenoxy) is 1. The van der Waals surface area contributed by atoms with Crippen LogP contribution in [-0.2, 0) is 6.54 Å². The monoisotopic (exact) mass is 279 g/mol. The van der Waals surface area contributed by atoms with Crippen LogP contribution in [-0.4, -0.2) is 23.7 Å². The molecule has 1 aliphatic rings. The molecule has 1 aliphatic heterocycles. The summed E-state index contributed by atoms with van der Waals surface area (Å²) >= 11 is 2.13. The first kappa shape index (κ1) is 14.7. The molecular weight excluding hydrogens is 254 g/mol. The van der Waals surface area contributed by atoms with Gasteiger partial charge in [0.2, 0.25) is 0 Å². The third kappa shape index (κ3) is 5.45. The molecule has 0 saturated carbocycles. The molecule has 3 heteroatoms. The lowest BCUT2D eigenvalue weighted by atomic mass is 10.2. The van der Waals surface area contributed by atoms with Gasteiger partial charge in [-0.1, -0.05) is 18.6 Å². The highest BCUT2D eigenvalue weighted by molar-refractivity contribution is 7.99. The zero-order chi connectivity index (χ0) is 13.5. The molecule has 0 aliphatic carbocycles. The molecule has 1 aromatic carbocycles. The first-order valence-corrected chi connectivity index (χ1v) is 8.37. The summed E-state index contributed by atoms with van der Waals surface area (Å²) in [6.45, 7) is 6.20. The van der Waals surface area contributed by atoms with Crippen LogP contribution >= 0.6 is 11.8 Å². The maximum absolute atomic E-state index is 5.65. The Balaban J connectivity index is 1.70. The van der Waals surface area contributed by atoms with Crippen molar-refractivity contribution in [2.75, 3.05) is 12.3 Å². The summed E-state index contributed by atoms with van der Waals surface area (Å²) in [4.78, 5) is 0. The third-order valence-corrected chi connectivity index (χ3v) is 4.67. The molecule has 2 rings (SSSR count). The fourth-order valence-corrected chi connectivity index (χ4v) is 3.58. The van der Waals surface area contributed by atoms with Gasteiger partial charge in [-0.25, -0.2) is 0 Å². The summed E-state index contributed by atoms with van der Waals surface area (Å²) in [6, 6.07) is 8.43. The molecule has 2 nitrogen and oxygen atoms in total. The SMILES string of the molecule is CC(C)Oc1ccc(CNCC2CCCCS2)cc1. The number of thioether (sulfide) groups is 1. The van der Waals surface area contributed by atoms with Gasteiger partial charge in [-0.3, -0.25) is 0 Å². The zero-order valence-electron chi connectivity index (χ0n) is 12.0. The van der Waals surface area contributed by atoms with Crippen LogP contribution in [0.2, 0.25) is 0 Å². The van der Waals surface area contributed by atoms with Gasteiger partial charge >= 0.3 is 0 Å². The first-order chi connectivity index (χ1) is 9.24. The van der Waals surface area contributed by atoms with Crippen LogP contribution in [0.3, 0.4) is 0 Å². The molecule has 19 heavy (non-hydrogen) atoms. The molecule has 1 saturated heterocycles. The lowest BCUT2D eigenvalue weighted by Gasteiger charge is -2.21. The van der Waals surface area contributed by atoms with E-state index in [0.29, 0.717) is 0 Å². The summed E-state index contributed by atoms with van der Waals surface area (Å²) in [7, 11) is 0. The van der Waals surface area contributed by atoms with E-state index in [4.69, 9.17) is 4.74 Å². The van der Waals surface area contributed by atoms with E-state index in [9.17, 15) is 0 Å². The Hall–Kier alpha value is -0.670. The van der Waals surface area contributed by atoms with Crippen molar-refractivity contribution in [1.82, 2.24) is 5.32 Å². The van der Waals surface area contributed by atoms with Gasteiger partial charge in [0.05, 0.1) is 6.10 Å². The van der Waals surface area contributed by atoms with Gasteiger partial charge in [0.15, 0.2) is 0 Å². The average Bonchev–Trinajstić information content (AvgIpc) is 2.41. The fraction of sp³-hybridized carbons (Fsp3) is 0.625. The van der Waals surface area contributed by atoms with Crippen LogP contribution < -0.4 is 10.1 Å². The number of hydrogen-bond donors (Lipinski definition) is 1. The van der Waals surface area contributed by atoms with E-state index in [1.165, 1.54) is 30.6 Å². The van der Waals surface area contributed by atoms with E-state index in [2.05, 4.69) is 55.2 Å². The summed E-state index contributed by atoms with van der Waals surface area (Å²) in [5.41, 5.74) is 1.33. The van der Waals surface area contributed by atoms with Gasteiger partial charge in [-0.2, -0.15) is 11.8 Å². The summed E-state index contributed by atoms with van der Waals surface area (Å²) < 4.78 is 5.65. The van der Waals surface area contributed by atoms with Crippen molar-refractivity contribution in [3.63, 3.8) is 0 Å². The molecule has 106 valence electrons. The standard InChI is InChI=1S/C16H25NOS/c1-13(2)18-15-8-6-14(7-9-15)11-17-12-16-5-3-4-10-19-16/h6-9,13,16-17H,3-5,10-12H2,1-2H3. The maximum atomic E-state index is 5.65. The molecule has 0 bridgehead atoms. The number of benzene rings is 1. The van der Waals surface area contributed by atoms with Crippen LogP contribution in [0.15, 0.2) is 24.3 Å². The molecule has 1 N–H and O–H groups in total. The van der Waals surface area contributed by atoms with Crippen molar-refractivity contribution in [3.05, 3.63) is 29.8 Å². The Kier molecular flexibility index (Phi) is 6.05. The number of hydrogen-bond acceptors (Lipinski definition) is 3. The minimum atomic E-state index is 0.243. The highest BCUT2D eigenvalue weighted by atomic mass is 32.2. The Bertz CT molecular complexity index is 358. The van der Waals surface area contributed by atoms with Crippen molar-refractivity contribution >= 4 is 11.8 Å². The lowest BCUT2D eigenvalue weighted by Crippen LogP contribution is -2.26. The van der Waals surface area contributed by atoms with E-state index >= 15 is 0 Å². The molecule has 1 aromatic rings. The minimum Gasteiger partial charge on any atom is -0.491 e. The molecule has 0 amide bonds. The largest absolute Gasteiger partial charge is 0.491 e. The van der Waals surface area contributed by atoms with E-state index in [1.54, 1.807) is 0 Å². The molecule has 1 fully saturated rings. The smallest absolute Gasteiger partial charge is 0.119 e. The van der Waals surface area contributed by atoms with Crippen LogP contribution in [0.25, 0.3) is 0 Å². The van der Waals surface area contributed by atoms with Crippen molar-refractivity contribution < 1.29 is 4.74 Å². The number of rotatable bonds is 6. The quantitative estimate of drug-likeness (QED) is 0.854. The van der Waals surface area contributed by atoms with E-state index in [1.807, 2.05) is 0 Å². The molecule has 1 atom stereocenters. The second kappa shape index (κ2) is 7.81. The van der Waals surface area contributed by atoms with Crippen LogP contribution in [0, 0.1) is 0 Å². The summed E-state index contributed by atoms with van der Waals surface area (Å²) in [5, 5.41) is 4.39. The second-order valence-corrected chi connectivity index (χ2v) is 6.84. The summed E-state index contributed by atoms with van der Waals surface area (Å²) in [5.74, 6) is 2.30. The van der Waals surface area contributed by atoms with Crippen molar-refractivity contribution in [2.45, 2.75) is 51.0 Å². The highest BCUT2D eigenvalue weighted by Crippen LogP contribution is 2.24. The zero-order valence-corrected chi connectivity index (χ0v) is 12.8. The van der Waals surface area contributed by atoms with Crippen LogP contribution in [0.1, 0.15) is 38.7 Å². The van der Waals surface area contributed by atoms with Gasteiger partial charge < -0.3 is 10.1 Å². The summed E-state index contributed by atoms with van der Waals surface area (Å²) in [6.07, 6.45) is 4.42. The van der Waals surface area contributed by atoms with Gasteiger partial charge in [-0.15, -0.1) is 0 Å². The van der Waals surface area contributed by atoms with Crippen LogP contribution in [0.5, 0.6) is 5.75 Å². The van der Waals surface area contributed by atoms with Gasteiger partial charge in [-0.05, 0) is 50.1 Å². The van der Waals surface area contributed by atoms with Gasteiger partial charge in [0, 0.05) is 18.3 Å². The Morgan fingerprint density at radius 3 is 2.68 bits per heavy atom. The average molecular weight is 279 g/mol. The first-order valence-electron chi connectivity index (χ1n) is 7.32. The topological polar surface area (TPSA) is 21.3 Å².